The molecule has 9 heteroatoms. The Morgan fingerprint density at radius 1 is 1.12 bits per heavy atom. The van der Waals surface area contributed by atoms with Gasteiger partial charge >= 0.3 is 5.97 Å². The van der Waals surface area contributed by atoms with Crippen LogP contribution in [0.4, 0.5) is 11.6 Å². The summed E-state index contributed by atoms with van der Waals surface area (Å²) >= 11 is 0. The van der Waals surface area contributed by atoms with E-state index in [-0.39, 0.29) is 23.4 Å². The predicted octanol–water partition coefficient (Wildman–Crippen LogP) is 2.78. The Morgan fingerprint density at radius 2 is 1.88 bits per heavy atom. The molecule has 3 N–H and O–H groups in total. The molecule has 1 aromatic heterocycles. The number of fused-ring (bicyclic) bond motifs is 1. The van der Waals surface area contributed by atoms with E-state index in [0.717, 1.165) is 11.8 Å². The maximum Gasteiger partial charge on any atom is 0.335 e. The van der Waals surface area contributed by atoms with Gasteiger partial charge in [-0.25, -0.2) is 14.8 Å². The summed E-state index contributed by atoms with van der Waals surface area (Å²) in [6.45, 7) is 4.48. The van der Waals surface area contributed by atoms with Gasteiger partial charge in [-0.1, -0.05) is 12.6 Å². The van der Waals surface area contributed by atoms with Gasteiger partial charge in [0, 0.05) is 42.0 Å². The third-order valence-corrected chi connectivity index (χ3v) is 5.22. The number of amides is 2. The molecular formula is C23H21N5O4. The van der Waals surface area contributed by atoms with E-state index in [1.165, 1.54) is 18.2 Å². The number of benzene rings is 2. The van der Waals surface area contributed by atoms with Gasteiger partial charge in [-0.2, -0.15) is 0 Å². The summed E-state index contributed by atoms with van der Waals surface area (Å²) < 4.78 is 0. The number of hydrogen-bond acceptors (Lipinski definition) is 6. The highest BCUT2D eigenvalue weighted by molar-refractivity contribution is 6.00. The number of rotatable bonds is 6. The first-order valence-electron chi connectivity index (χ1n) is 10.0. The third kappa shape index (κ3) is 4.56. The first-order valence-corrected chi connectivity index (χ1v) is 10.0. The van der Waals surface area contributed by atoms with Crippen LogP contribution in [0.15, 0.2) is 61.3 Å². The van der Waals surface area contributed by atoms with E-state index in [1.807, 2.05) is 0 Å². The summed E-state index contributed by atoms with van der Waals surface area (Å²) in [4.78, 5) is 45.8. The van der Waals surface area contributed by atoms with E-state index in [2.05, 4.69) is 27.2 Å². The summed E-state index contributed by atoms with van der Waals surface area (Å²) in [6.07, 6.45) is 3.55. The molecule has 0 unspecified atom stereocenters. The summed E-state index contributed by atoms with van der Waals surface area (Å²) in [5.41, 5.74) is 1.82. The van der Waals surface area contributed by atoms with Gasteiger partial charge in [0.15, 0.2) is 0 Å². The average Bonchev–Trinajstić information content (AvgIpc) is 3.27. The van der Waals surface area contributed by atoms with Crippen molar-refractivity contribution in [3.8, 4) is 0 Å². The zero-order valence-electron chi connectivity index (χ0n) is 17.1. The SMILES string of the molecule is C=CC(=O)Nc1ccc(C(=O)N2CC[C@@H](Nc3ncc4ccc(C(=O)O)cc4n3)C2)cc1. The van der Waals surface area contributed by atoms with Gasteiger partial charge in [0.05, 0.1) is 11.1 Å². The summed E-state index contributed by atoms with van der Waals surface area (Å²) in [7, 11) is 0. The minimum Gasteiger partial charge on any atom is -0.478 e. The average molecular weight is 431 g/mol. The molecule has 4 rings (SSSR count). The molecule has 1 aliphatic rings. The van der Waals surface area contributed by atoms with Gasteiger partial charge in [-0.15, -0.1) is 0 Å². The van der Waals surface area contributed by atoms with Crippen LogP contribution in [0.2, 0.25) is 0 Å². The molecule has 162 valence electrons. The van der Waals surface area contributed by atoms with Crippen LogP contribution < -0.4 is 10.6 Å². The molecule has 0 saturated carbocycles. The van der Waals surface area contributed by atoms with Crippen molar-refractivity contribution in [1.82, 2.24) is 14.9 Å². The smallest absolute Gasteiger partial charge is 0.335 e. The van der Waals surface area contributed by atoms with Gasteiger partial charge in [0.2, 0.25) is 11.9 Å². The highest BCUT2D eigenvalue weighted by atomic mass is 16.4. The van der Waals surface area contributed by atoms with Crippen LogP contribution >= 0.6 is 0 Å². The monoisotopic (exact) mass is 431 g/mol. The van der Waals surface area contributed by atoms with Crippen LogP contribution in [0, 0.1) is 0 Å². The fourth-order valence-corrected chi connectivity index (χ4v) is 3.54. The van der Waals surface area contributed by atoms with E-state index >= 15 is 0 Å². The van der Waals surface area contributed by atoms with Gasteiger partial charge in [0.25, 0.3) is 5.91 Å². The van der Waals surface area contributed by atoms with Gasteiger partial charge < -0.3 is 20.6 Å². The van der Waals surface area contributed by atoms with Crippen molar-refractivity contribution in [2.45, 2.75) is 12.5 Å². The van der Waals surface area contributed by atoms with Crippen molar-refractivity contribution in [2.24, 2.45) is 0 Å². The molecule has 2 heterocycles. The predicted molar refractivity (Wildman–Crippen MR) is 120 cm³/mol. The second-order valence-electron chi connectivity index (χ2n) is 7.42. The standard InChI is InChI=1S/C23H21N5O4/c1-2-20(29)25-17-7-5-14(6-8-17)21(30)28-10-9-18(13-28)26-23-24-12-16-4-3-15(22(31)32)11-19(16)27-23/h2-8,11-12,18H,1,9-10,13H2,(H,25,29)(H,31,32)(H,24,26,27)/t18-/m1/s1. The quantitative estimate of drug-likeness (QED) is 0.513. The molecule has 9 nitrogen and oxygen atoms in total. The van der Waals surface area contributed by atoms with Crippen LogP contribution in [-0.4, -0.2) is 56.9 Å². The van der Waals surface area contributed by atoms with Crippen molar-refractivity contribution in [2.75, 3.05) is 23.7 Å². The second-order valence-corrected chi connectivity index (χ2v) is 7.42. The molecule has 2 aromatic carbocycles. The fraction of sp³-hybridized carbons (Fsp3) is 0.174. The molecule has 0 aliphatic carbocycles. The molecule has 0 bridgehead atoms. The van der Waals surface area contributed by atoms with Crippen LogP contribution in [0.1, 0.15) is 27.1 Å². The number of carboxylic acid groups (broad SMARTS) is 1. The Morgan fingerprint density at radius 3 is 2.59 bits per heavy atom. The highest BCUT2D eigenvalue weighted by Crippen LogP contribution is 2.20. The van der Waals surface area contributed by atoms with Crippen molar-refractivity contribution in [3.63, 3.8) is 0 Å². The number of likely N-dealkylation sites (tertiary alicyclic amines) is 1. The Labute approximate surface area is 183 Å². The molecule has 2 amide bonds. The van der Waals surface area contributed by atoms with Gasteiger partial charge in [0.1, 0.15) is 0 Å². The van der Waals surface area contributed by atoms with Crippen LogP contribution in [0.3, 0.4) is 0 Å². The van der Waals surface area contributed by atoms with E-state index in [4.69, 9.17) is 5.11 Å². The molecule has 3 aromatic rings. The topological polar surface area (TPSA) is 125 Å². The minimum atomic E-state index is -1.01. The number of anilines is 2. The number of nitrogens with zero attached hydrogens (tertiary/aromatic N) is 3. The number of nitrogens with one attached hydrogen (secondary N) is 2. The van der Waals surface area contributed by atoms with E-state index < -0.39 is 5.97 Å². The summed E-state index contributed by atoms with van der Waals surface area (Å²) in [5.74, 6) is -1.03. The van der Waals surface area contributed by atoms with Crippen molar-refractivity contribution < 1.29 is 19.5 Å². The lowest BCUT2D eigenvalue weighted by Gasteiger charge is -2.17. The molecule has 0 radical (unpaired) electrons. The zero-order chi connectivity index (χ0) is 22.7. The minimum absolute atomic E-state index is 0.0230. The van der Waals surface area contributed by atoms with Crippen LogP contribution in [0.25, 0.3) is 10.9 Å². The number of carbonyl (C=O) groups is 3. The maximum atomic E-state index is 12.8. The second kappa shape index (κ2) is 8.84. The van der Waals surface area contributed by atoms with Crippen molar-refractivity contribution >= 4 is 40.3 Å². The van der Waals surface area contributed by atoms with E-state index in [1.54, 1.807) is 41.4 Å². The first-order chi connectivity index (χ1) is 15.4. The Kier molecular flexibility index (Phi) is 5.80. The first kappa shape index (κ1) is 21.0. The fourth-order valence-electron chi connectivity index (χ4n) is 3.54. The largest absolute Gasteiger partial charge is 0.478 e. The van der Waals surface area contributed by atoms with Gasteiger partial charge in [-0.3, -0.25) is 9.59 Å². The number of carbonyl (C=O) groups excluding carboxylic acids is 2. The maximum absolute atomic E-state index is 12.8. The highest BCUT2D eigenvalue weighted by Gasteiger charge is 2.27. The lowest BCUT2D eigenvalue weighted by molar-refractivity contribution is -0.111. The number of hydrogen-bond donors (Lipinski definition) is 3. The molecular weight excluding hydrogens is 410 g/mol. The molecule has 1 aliphatic heterocycles. The van der Waals surface area contributed by atoms with Crippen molar-refractivity contribution in [1.29, 1.82) is 0 Å². The molecule has 1 fully saturated rings. The number of aromatic carboxylic acids is 1. The molecule has 1 atom stereocenters. The molecule has 0 spiro atoms. The zero-order valence-corrected chi connectivity index (χ0v) is 17.1. The van der Waals surface area contributed by atoms with E-state index in [9.17, 15) is 14.4 Å². The molecule has 32 heavy (non-hydrogen) atoms. The number of carboxylic acids is 1. The summed E-state index contributed by atoms with van der Waals surface area (Å²) in [5, 5.41) is 15.8. The lowest BCUT2D eigenvalue weighted by Crippen LogP contribution is -2.31. The summed E-state index contributed by atoms with van der Waals surface area (Å²) in [6, 6.07) is 11.4. The van der Waals surface area contributed by atoms with Gasteiger partial charge in [-0.05, 0) is 48.9 Å². The van der Waals surface area contributed by atoms with Crippen LogP contribution in [0.5, 0.6) is 0 Å². The van der Waals surface area contributed by atoms with Crippen LogP contribution in [-0.2, 0) is 4.79 Å². The molecule has 1 saturated heterocycles. The van der Waals surface area contributed by atoms with Crippen molar-refractivity contribution in [3.05, 3.63) is 72.4 Å². The lowest BCUT2D eigenvalue weighted by atomic mass is 10.1. The Balaban J connectivity index is 1.40. The Bertz CT molecular complexity index is 1210. The Hall–Kier alpha value is -4.27. The normalized spacial score (nSPS) is 15.4. The third-order valence-electron chi connectivity index (χ3n) is 5.22. The number of aromatic nitrogens is 2. The van der Waals surface area contributed by atoms with E-state index in [0.29, 0.717) is 35.8 Å².